The maximum atomic E-state index is 12.5. The van der Waals surface area contributed by atoms with E-state index in [2.05, 4.69) is 27.8 Å². The van der Waals surface area contributed by atoms with Crippen LogP contribution in [0.1, 0.15) is 13.3 Å². The number of furan rings is 1. The number of carbonyl (C=O) groups is 1. The highest BCUT2D eigenvalue weighted by molar-refractivity contribution is 8.01. The van der Waals surface area contributed by atoms with Crippen molar-refractivity contribution in [2.75, 3.05) is 30.0 Å². The number of hydrogen-bond donors (Lipinski definition) is 2. The zero-order valence-electron chi connectivity index (χ0n) is 16.0. The van der Waals surface area contributed by atoms with Gasteiger partial charge in [-0.3, -0.25) is 4.79 Å². The van der Waals surface area contributed by atoms with Crippen molar-refractivity contribution in [1.29, 1.82) is 0 Å². The number of benzene rings is 2. The van der Waals surface area contributed by atoms with Gasteiger partial charge in [0.1, 0.15) is 16.9 Å². The average molecular weight is 429 g/mol. The average Bonchev–Trinajstić information content (AvgIpc) is 3.34. The van der Waals surface area contributed by atoms with Gasteiger partial charge in [-0.25, -0.2) is 0 Å². The van der Waals surface area contributed by atoms with E-state index in [9.17, 15) is 4.79 Å². The minimum atomic E-state index is -0.151. The van der Waals surface area contributed by atoms with Gasteiger partial charge >= 0.3 is 0 Å². The van der Waals surface area contributed by atoms with Crippen LogP contribution in [0.2, 0.25) is 0 Å². The molecule has 4 aromatic rings. The van der Waals surface area contributed by atoms with Crippen LogP contribution in [0, 0.1) is 0 Å². The van der Waals surface area contributed by atoms with Gasteiger partial charge < -0.3 is 19.8 Å². The molecule has 0 radical (unpaired) electrons. The van der Waals surface area contributed by atoms with Crippen molar-refractivity contribution >= 4 is 61.8 Å². The van der Waals surface area contributed by atoms with E-state index in [1.165, 1.54) is 23.1 Å². The summed E-state index contributed by atoms with van der Waals surface area (Å²) in [6.45, 7) is 2.94. The molecule has 0 atom stereocenters. The second kappa shape index (κ2) is 8.71. The molecule has 0 aliphatic rings. The number of ether oxygens (including phenoxy) is 1. The molecular weight excluding hydrogens is 408 g/mol. The Balaban J connectivity index is 1.47. The molecule has 2 aromatic heterocycles. The number of nitrogens with one attached hydrogen (secondary N) is 2. The fourth-order valence-corrected chi connectivity index (χ4v) is 4.48. The van der Waals surface area contributed by atoms with Crippen LogP contribution in [0.3, 0.4) is 0 Å². The van der Waals surface area contributed by atoms with Crippen molar-refractivity contribution < 1.29 is 13.9 Å². The lowest BCUT2D eigenvalue weighted by molar-refractivity contribution is -0.113. The zero-order valence-corrected chi connectivity index (χ0v) is 17.7. The number of fused-ring (bicyclic) bond motifs is 3. The molecule has 0 aliphatic carbocycles. The third-order valence-corrected chi connectivity index (χ3v) is 6.25. The number of nitrogens with zero attached hydrogens (tertiary/aromatic N) is 2. The lowest BCUT2D eigenvalue weighted by Crippen LogP contribution is -2.14. The fraction of sp³-hybridized carbons (Fsp3) is 0.250. The number of carbonyl (C=O) groups excluding carboxylic acids is 1. The van der Waals surface area contributed by atoms with Crippen LogP contribution in [0.4, 0.5) is 10.8 Å². The normalized spacial score (nSPS) is 11.1. The van der Waals surface area contributed by atoms with Gasteiger partial charge in [0, 0.05) is 23.4 Å². The van der Waals surface area contributed by atoms with Gasteiger partial charge in [-0.15, -0.1) is 10.2 Å². The quantitative estimate of drug-likeness (QED) is 0.382. The first-order valence-corrected chi connectivity index (χ1v) is 11.0. The number of para-hydroxylation sites is 1. The van der Waals surface area contributed by atoms with E-state index in [-0.39, 0.29) is 11.7 Å². The third-order valence-electron chi connectivity index (χ3n) is 4.23. The fourth-order valence-electron chi connectivity index (χ4n) is 2.90. The van der Waals surface area contributed by atoms with Crippen LogP contribution in [0.15, 0.2) is 45.2 Å². The van der Waals surface area contributed by atoms with Gasteiger partial charge in [0.15, 0.2) is 4.34 Å². The van der Waals surface area contributed by atoms with E-state index >= 15 is 0 Å². The number of thioether (sulfide) groups is 1. The molecule has 4 rings (SSSR count). The molecule has 7 nitrogen and oxygen atoms in total. The zero-order chi connectivity index (χ0) is 20.2. The largest absolute Gasteiger partial charge is 0.495 e. The highest BCUT2D eigenvalue weighted by Gasteiger charge is 2.15. The summed E-state index contributed by atoms with van der Waals surface area (Å²) in [5, 5.41) is 17.0. The summed E-state index contributed by atoms with van der Waals surface area (Å²) in [7, 11) is 1.58. The van der Waals surface area contributed by atoms with E-state index in [0.29, 0.717) is 17.0 Å². The predicted molar refractivity (Wildman–Crippen MR) is 118 cm³/mol. The number of rotatable bonds is 8. The lowest BCUT2D eigenvalue weighted by atomic mass is 10.1. The first-order valence-electron chi connectivity index (χ1n) is 9.17. The molecule has 2 aromatic carbocycles. The number of hydrogen-bond acceptors (Lipinski definition) is 8. The molecule has 0 fully saturated rings. The molecular formula is C20H20N4O3S2. The van der Waals surface area contributed by atoms with Crippen LogP contribution >= 0.6 is 23.1 Å². The minimum absolute atomic E-state index is 0.151. The Bertz CT molecular complexity index is 1160. The monoisotopic (exact) mass is 428 g/mol. The molecule has 0 bridgehead atoms. The highest BCUT2D eigenvalue weighted by Crippen LogP contribution is 2.36. The van der Waals surface area contributed by atoms with E-state index < -0.39 is 0 Å². The number of amides is 1. The molecule has 9 heteroatoms. The Morgan fingerprint density at radius 3 is 2.90 bits per heavy atom. The summed E-state index contributed by atoms with van der Waals surface area (Å²) in [6, 6.07) is 11.5. The van der Waals surface area contributed by atoms with Crippen LogP contribution in [-0.4, -0.2) is 35.5 Å². The second-order valence-electron chi connectivity index (χ2n) is 6.28. The Labute approximate surface area is 175 Å². The standard InChI is InChI=1S/C20H20N4O3S2/c1-3-8-21-19-23-24-20(29-19)28-11-18(25)22-14-10-16-13(9-17(14)26-2)12-6-4-5-7-15(12)27-16/h4-7,9-10H,3,8,11H2,1-2H3,(H,21,23)(H,22,25). The number of aromatic nitrogens is 2. The summed E-state index contributed by atoms with van der Waals surface area (Å²) in [6.07, 6.45) is 1.02. The first kappa shape index (κ1) is 19.5. The van der Waals surface area contributed by atoms with Crippen molar-refractivity contribution in [3.63, 3.8) is 0 Å². The van der Waals surface area contributed by atoms with Crippen LogP contribution in [0.5, 0.6) is 5.75 Å². The van der Waals surface area contributed by atoms with Crippen molar-refractivity contribution in [2.24, 2.45) is 0 Å². The van der Waals surface area contributed by atoms with E-state index in [0.717, 1.165) is 38.8 Å². The van der Waals surface area contributed by atoms with Crippen LogP contribution in [0.25, 0.3) is 21.9 Å². The first-order chi connectivity index (χ1) is 14.2. The Kier molecular flexibility index (Phi) is 5.86. The Hall–Kier alpha value is -2.78. The van der Waals surface area contributed by atoms with E-state index in [4.69, 9.17) is 9.15 Å². The highest BCUT2D eigenvalue weighted by atomic mass is 32.2. The van der Waals surface area contributed by atoms with Gasteiger partial charge in [0.05, 0.1) is 18.6 Å². The summed E-state index contributed by atoms with van der Waals surface area (Å²) in [4.78, 5) is 12.5. The second-order valence-corrected chi connectivity index (χ2v) is 8.48. The van der Waals surface area contributed by atoms with Gasteiger partial charge in [0.2, 0.25) is 11.0 Å². The van der Waals surface area contributed by atoms with E-state index in [1.54, 1.807) is 13.2 Å². The van der Waals surface area contributed by atoms with Gasteiger partial charge in [-0.2, -0.15) is 0 Å². The topological polar surface area (TPSA) is 89.3 Å². The smallest absolute Gasteiger partial charge is 0.234 e. The predicted octanol–water partition coefficient (Wildman–Crippen LogP) is 5.00. The molecule has 150 valence electrons. The molecule has 1 amide bonds. The number of anilines is 2. The molecule has 0 unspecified atom stereocenters. The molecule has 0 spiro atoms. The van der Waals surface area contributed by atoms with Crippen LogP contribution in [-0.2, 0) is 4.79 Å². The third kappa shape index (κ3) is 4.30. The minimum Gasteiger partial charge on any atom is -0.495 e. The van der Waals surface area contributed by atoms with Gasteiger partial charge in [-0.1, -0.05) is 48.2 Å². The summed E-state index contributed by atoms with van der Waals surface area (Å²) < 4.78 is 12.1. The van der Waals surface area contributed by atoms with Crippen molar-refractivity contribution in [2.45, 2.75) is 17.7 Å². The SMILES string of the molecule is CCCNc1nnc(SCC(=O)Nc2cc3oc4ccccc4c3cc2OC)s1. The van der Waals surface area contributed by atoms with E-state index in [1.807, 2.05) is 30.3 Å². The van der Waals surface area contributed by atoms with Crippen molar-refractivity contribution in [3.8, 4) is 5.75 Å². The molecule has 2 heterocycles. The summed E-state index contributed by atoms with van der Waals surface area (Å²) in [5.74, 6) is 0.662. The maximum Gasteiger partial charge on any atom is 0.234 e. The summed E-state index contributed by atoms with van der Waals surface area (Å²) >= 11 is 2.79. The lowest BCUT2D eigenvalue weighted by Gasteiger charge is -2.10. The van der Waals surface area contributed by atoms with Crippen LogP contribution < -0.4 is 15.4 Å². The Morgan fingerprint density at radius 2 is 2.07 bits per heavy atom. The van der Waals surface area contributed by atoms with Gasteiger partial charge in [-0.05, 0) is 18.6 Å². The molecule has 0 saturated heterocycles. The van der Waals surface area contributed by atoms with Crippen molar-refractivity contribution in [3.05, 3.63) is 36.4 Å². The molecule has 0 saturated carbocycles. The molecule has 0 aliphatic heterocycles. The molecule has 29 heavy (non-hydrogen) atoms. The molecule has 2 N–H and O–H groups in total. The van der Waals surface area contributed by atoms with Gasteiger partial charge in [0.25, 0.3) is 0 Å². The Morgan fingerprint density at radius 1 is 1.21 bits per heavy atom. The number of methoxy groups -OCH3 is 1. The van der Waals surface area contributed by atoms with Crippen molar-refractivity contribution in [1.82, 2.24) is 10.2 Å². The summed E-state index contributed by atoms with van der Waals surface area (Å²) in [5.41, 5.74) is 2.07. The maximum absolute atomic E-state index is 12.5.